The molecule has 0 saturated heterocycles. The minimum atomic E-state index is -0.391. The highest BCUT2D eigenvalue weighted by molar-refractivity contribution is 5.91. The van der Waals surface area contributed by atoms with Gasteiger partial charge in [0, 0.05) is 0 Å². The maximum Gasteiger partial charge on any atom is 0.320 e. The van der Waals surface area contributed by atoms with Gasteiger partial charge in [-0.1, -0.05) is 42.2 Å². The van der Waals surface area contributed by atoms with Crippen molar-refractivity contribution in [3.63, 3.8) is 0 Å². The molecular weight excluding hydrogens is 356 g/mol. The average molecular weight is 380 g/mol. The molecule has 2 N–H and O–H groups in total. The molecule has 0 heterocycles. The normalized spacial score (nSPS) is 9.50. The van der Waals surface area contributed by atoms with E-state index in [4.69, 9.17) is 14.2 Å². The number of carbonyl (C=O) groups excluding carboxylic acids is 1. The number of carbonyl (C=O) groups is 1. The molecule has 0 aliphatic heterocycles. The van der Waals surface area contributed by atoms with E-state index in [9.17, 15) is 4.79 Å². The lowest BCUT2D eigenvalue weighted by atomic mass is 10.1. The minimum Gasteiger partial charge on any atom is -0.493 e. The second-order valence-corrected chi connectivity index (χ2v) is 5.59. The van der Waals surface area contributed by atoms with Crippen molar-refractivity contribution in [3.05, 3.63) is 60.7 Å². The summed E-state index contributed by atoms with van der Waals surface area (Å²) in [7, 11) is 3.05. The van der Waals surface area contributed by atoms with Crippen molar-refractivity contribution in [3.8, 4) is 29.1 Å². The van der Waals surface area contributed by atoms with Gasteiger partial charge in [-0.3, -0.25) is 0 Å². The molecule has 6 heteroatoms. The van der Waals surface area contributed by atoms with E-state index in [-0.39, 0.29) is 13.2 Å². The molecule has 0 aliphatic rings. The summed E-state index contributed by atoms with van der Waals surface area (Å²) < 4.78 is 16.2. The largest absolute Gasteiger partial charge is 0.493 e. The SMILES string of the molecule is C=CCc1ccccc1OCC#CCNC(=O)Nc1cccc(OC)c1OC. The van der Waals surface area contributed by atoms with Crippen molar-refractivity contribution < 1.29 is 19.0 Å². The van der Waals surface area contributed by atoms with Crippen LogP contribution in [0.15, 0.2) is 55.1 Å². The van der Waals surface area contributed by atoms with Crippen LogP contribution >= 0.6 is 0 Å². The summed E-state index contributed by atoms with van der Waals surface area (Å²) in [6.07, 6.45) is 2.56. The van der Waals surface area contributed by atoms with Crippen LogP contribution in [0.4, 0.5) is 10.5 Å². The fourth-order valence-electron chi connectivity index (χ4n) is 2.47. The van der Waals surface area contributed by atoms with Gasteiger partial charge in [0.15, 0.2) is 11.5 Å². The van der Waals surface area contributed by atoms with Crippen LogP contribution in [0, 0.1) is 11.8 Å². The van der Waals surface area contributed by atoms with Gasteiger partial charge in [-0.25, -0.2) is 4.79 Å². The summed E-state index contributed by atoms with van der Waals surface area (Å²) >= 11 is 0. The van der Waals surface area contributed by atoms with E-state index >= 15 is 0 Å². The Morgan fingerprint density at radius 2 is 1.86 bits per heavy atom. The minimum absolute atomic E-state index is 0.190. The zero-order valence-corrected chi connectivity index (χ0v) is 16.1. The predicted molar refractivity (Wildman–Crippen MR) is 110 cm³/mol. The Bertz CT molecular complexity index is 868. The van der Waals surface area contributed by atoms with Gasteiger partial charge in [0.05, 0.1) is 26.5 Å². The number of hydrogen-bond acceptors (Lipinski definition) is 4. The Labute approximate surface area is 165 Å². The zero-order chi connectivity index (χ0) is 20.2. The molecule has 2 amide bonds. The predicted octanol–water partition coefficient (Wildman–Crippen LogP) is 3.64. The Balaban J connectivity index is 1.80. The van der Waals surface area contributed by atoms with Crippen molar-refractivity contribution in [1.29, 1.82) is 0 Å². The summed E-state index contributed by atoms with van der Waals surface area (Å²) in [5.41, 5.74) is 1.57. The van der Waals surface area contributed by atoms with Gasteiger partial charge in [-0.15, -0.1) is 6.58 Å². The van der Waals surface area contributed by atoms with Crippen molar-refractivity contribution >= 4 is 11.7 Å². The van der Waals surface area contributed by atoms with E-state index in [1.165, 1.54) is 14.2 Å². The first-order valence-electron chi connectivity index (χ1n) is 8.72. The van der Waals surface area contributed by atoms with Crippen molar-refractivity contribution in [2.45, 2.75) is 6.42 Å². The topological polar surface area (TPSA) is 68.8 Å². The number of benzene rings is 2. The second kappa shape index (κ2) is 11.2. The number of hydrogen-bond donors (Lipinski definition) is 2. The smallest absolute Gasteiger partial charge is 0.320 e. The molecule has 0 saturated carbocycles. The summed E-state index contributed by atoms with van der Waals surface area (Å²) in [6.45, 7) is 4.17. The highest BCUT2D eigenvalue weighted by Crippen LogP contribution is 2.34. The quantitative estimate of drug-likeness (QED) is 0.542. The molecule has 0 unspecified atom stereocenters. The molecule has 28 heavy (non-hydrogen) atoms. The van der Waals surface area contributed by atoms with Crippen LogP contribution in [0.1, 0.15) is 5.56 Å². The number of ether oxygens (including phenoxy) is 3. The number of methoxy groups -OCH3 is 2. The number of anilines is 1. The van der Waals surface area contributed by atoms with E-state index in [2.05, 4.69) is 29.1 Å². The molecule has 0 atom stereocenters. The average Bonchev–Trinajstić information content (AvgIpc) is 2.71. The van der Waals surface area contributed by atoms with E-state index in [0.29, 0.717) is 17.2 Å². The number of rotatable bonds is 8. The maximum absolute atomic E-state index is 12.0. The van der Waals surface area contributed by atoms with Crippen LogP contribution < -0.4 is 24.8 Å². The van der Waals surface area contributed by atoms with Crippen LogP contribution in [0.25, 0.3) is 0 Å². The van der Waals surface area contributed by atoms with Gasteiger partial charge in [0.2, 0.25) is 0 Å². The Morgan fingerprint density at radius 1 is 1.07 bits per heavy atom. The van der Waals surface area contributed by atoms with Gasteiger partial charge in [-0.05, 0) is 30.2 Å². The third-order valence-corrected chi connectivity index (χ3v) is 3.75. The number of urea groups is 1. The lowest BCUT2D eigenvalue weighted by Gasteiger charge is -2.13. The van der Waals surface area contributed by atoms with Crippen molar-refractivity contribution in [2.75, 3.05) is 32.7 Å². The molecule has 6 nitrogen and oxygen atoms in total. The second-order valence-electron chi connectivity index (χ2n) is 5.59. The van der Waals surface area contributed by atoms with Crippen LogP contribution in [0.3, 0.4) is 0 Å². The molecule has 0 radical (unpaired) electrons. The van der Waals surface area contributed by atoms with Gasteiger partial charge in [0.25, 0.3) is 0 Å². The Morgan fingerprint density at radius 3 is 2.61 bits per heavy atom. The van der Waals surface area contributed by atoms with Crippen molar-refractivity contribution in [2.24, 2.45) is 0 Å². The first-order chi connectivity index (χ1) is 13.7. The molecule has 0 aliphatic carbocycles. The summed E-state index contributed by atoms with van der Waals surface area (Å²) in [5, 5.41) is 5.37. The van der Waals surface area contributed by atoms with E-state index in [1.807, 2.05) is 30.3 Å². The molecule has 2 rings (SSSR count). The Kier molecular flexibility index (Phi) is 8.28. The van der Waals surface area contributed by atoms with Crippen LogP contribution in [0.5, 0.6) is 17.2 Å². The van der Waals surface area contributed by atoms with E-state index in [1.54, 1.807) is 18.2 Å². The highest BCUT2D eigenvalue weighted by Gasteiger charge is 2.11. The number of nitrogens with one attached hydrogen (secondary N) is 2. The third kappa shape index (κ3) is 5.99. The van der Waals surface area contributed by atoms with Crippen LogP contribution in [0.2, 0.25) is 0 Å². The molecule has 0 aromatic heterocycles. The van der Waals surface area contributed by atoms with Crippen molar-refractivity contribution in [1.82, 2.24) is 5.32 Å². The number of amides is 2. The number of para-hydroxylation sites is 2. The lowest BCUT2D eigenvalue weighted by molar-refractivity contribution is 0.253. The summed E-state index contributed by atoms with van der Waals surface area (Å²) in [6, 6.07) is 12.6. The molecule has 2 aromatic rings. The molecule has 146 valence electrons. The summed E-state index contributed by atoms with van der Waals surface area (Å²) in [5.74, 6) is 7.51. The fourth-order valence-corrected chi connectivity index (χ4v) is 2.47. The Hall–Kier alpha value is -3.59. The van der Waals surface area contributed by atoms with Crippen LogP contribution in [-0.2, 0) is 6.42 Å². The monoisotopic (exact) mass is 380 g/mol. The van der Waals surface area contributed by atoms with Gasteiger partial charge >= 0.3 is 6.03 Å². The van der Waals surface area contributed by atoms with Crippen LogP contribution in [-0.4, -0.2) is 33.4 Å². The van der Waals surface area contributed by atoms with Gasteiger partial charge < -0.3 is 24.8 Å². The van der Waals surface area contributed by atoms with E-state index < -0.39 is 6.03 Å². The first kappa shape index (κ1) is 20.7. The molecule has 0 spiro atoms. The third-order valence-electron chi connectivity index (χ3n) is 3.75. The molecule has 2 aromatic carbocycles. The van der Waals surface area contributed by atoms with E-state index in [0.717, 1.165) is 17.7 Å². The van der Waals surface area contributed by atoms with Gasteiger partial charge in [-0.2, -0.15) is 0 Å². The maximum atomic E-state index is 12.0. The molecule has 0 bridgehead atoms. The summed E-state index contributed by atoms with van der Waals surface area (Å²) in [4.78, 5) is 12.0. The standard InChI is InChI=1S/C22H24N2O4/c1-4-10-17-11-5-6-13-19(17)28-16-8-7-15-23-22(25)24-18-12-9-14-20(26-2)21(18)27-3/h4-6,9,11-14H,1,10,15-16H2,2-3H3,(H2,23,24,25). The lowest BCUT2D eigenvalue weighted by Crippen LogP contribution is -2.29. The highest BCUT2D eigenvalue weighted by atomic mass is 16.5. The molecular formula is C22H24N2O4. The van der Waals surface area contributed by atoms with Gasteiger partial charge in [0.1, 0.15) is 12.4 Å². The zero-order valence-electron chi connectivity index (χ0n) is 16.1. The first-order valence-corrected chi connectivity index (χ1v) is 8.72. The number of allylic oxidation sites excluding steroid dienone is 1. The molecule has 0 fully saturated rings. The fraction of sp³-hybridized carbons (Fsp3) is 0.227.